The van der Waals surface area contributed by atoms with E-state index in [1.54, 1.807) is 24.2 Å². The average Bonchev–Trinajstić information content (AvgIpc) is 3.44. The van der Waals surface area contributed by atoms with Crippen molar-refractivity contribution in [2.24, 2.45) is 0 Å². The fraction of sp³-hybridized carbons (Fsp3) is 0.429. The molecular formula is C28H33FN8O2S. The first kappa shape index (κ1) is 26.6. The zero-order valence-electron chi connectivity index (χ0n) is 22.9. The number of anilines is 5. The second kappa shape index (κ2) is 10.8. The van der Waals surface area contributed by atoms with Crippen LogP contribution in [0.15, 0.2) is 35.2 Å². The average molecular weight is 565 g/mol. The van der Waals surface area contributed by atoms with E-state index in [4.69, 9.17) is 0 Å². The number of aromatic nitrogens is 2. The number of carbonyl (C=O) groups excluding carboxylic acids is 2. The maximum atomic E-state index is 15.2. The Hall–Kier alpha value is -3.61. The zero-order chi connectivity index (χ0) is 28.0. The first-order chi connectivity index (χ1) is 19.3. The second-order valence-corrected chi connectivity index (χ2v) is 11.4. The number of piperazine rings is 1. The summed E-state index contributed by atoms with van der Waals surface area (Å²) in [7, 11) is 5.69. The van der Waals surface area contributed by atoms with Gasteiger partial charge in [0.15, 0.2) is 5.82 Å². The number of hydrogen-bond donors (Lipinski definition) is 1. The molecule has 10 nitrogen and oxygen atoms in total. The van der Waals surface area contributed by atoms with E-state index in [0.29, 0.717) is 41.9 Å². The van der Waals surface area contributed by atoms with Gasteiger partial charge in [0.05, 0.1) is 23.0 Å². The van der Waals surface area contributed by atoms with Gasteiger partial charge in [-0.25, -0.2) is 9.37 Å². The van der Waals surface area contributed by atoms with Gasteiger partial charge in [0, 0.05) is 75.9 Å². The van der Waals surface area contributed by atoms with E-state index in [0.717, 1.165) is 44.7 Å². The molecule has 3 aromatic rings. The van der Waals surface area contributed by atoms with Crippen molar-refractivity contribution in [3.05, 3.63) is 52.1 Å². The van der Waals surface area contributed by atoms with Crippen molar-refractivity contribution in [1.82, 2.24) is 24.7 Å². The van der Waals surface area contributed by atoms with Gasteiger partial charge in [0.1, 0.15) is 11.5 Å². The van der Waals surface area contributed by atoms with Crippen LogP contribution in [0.4, 0.5) is 33.2 Å². The van der Waals surface area contributed by atoms with Crippen LogP contribution in [0.3, 0.4) is 0 Å². The Morgan fingerprint density at radius 1 is 1.00 bits per heavy atom. The molecule has 2 amide bonds. The van der Waals surface area contributed by atoms with Gasteiger partial charge in [-0.05, 0) is 38.1 Å². The lowest BCUT2D eigenvalue weighted by molar-refractivity contribution is 0.0515. The van der Waals surface area contributed by atoms with Crippen molar-refractivity contribution in [3.8, 4) is 0 Å². The summed E-state index contributed by atoms with van der Waals surface area (Å²) < 4.78 is 15.2. The summed E-state index contributed by atoms with van der Waals surface area (Å²) in [5.74, 6) is -0.177. The minimum absolute atomic E-state index is 0.0660. The lowest BCUT2D eigenvalue weighted by Gasteiger charge is -2.42. The molecule has 2 aromatic heterocycles. The second-order valence-electron chi connectivity index (χ2n) is 10.7. The van der Waals surface area contributed by atoms with E-state index >= 15 is 4.39 Å². The van der Waals surface area contributed by atoms with E-state index in [9.17, 15) is 9.59 Å². The van der Waals surface area contributed by atoms with Crippen LogP contribution < -0.4 is 15.1 Å². The SMILES string of the molecule is CN1CCN(C2CCN(C(=O)c3ccc(Nc4ncc5c(n4)N(C)c4cscc4C(=O)N5C)cc3F)CC2)CC1. The van der Waals surface area contributed by atoms with Gasteiger partial charge < -0.3 is 24.9 Å². The maximum Gasteiger partial charge on any atom is 0.261 e. The zero-order valence-corrected chi connectivity index (χ0v) is 23.7. The van der Waals surface area contributed by atoms with Crippen LogP contribution in [0.5, 0.6) is 0 Å². The summed E-state index contributed by atoms with van der Waals surface area (Å²) in [6, 6.07) is 4.97. The van der Waals surface area contributed by atoms with Crippen LogP contribution in [0.25, 0.3) is 0 Å². The lowest BCUT2D eigenvalue weighted by Crippen LogP contribution is -2.53. The Kier molecular flexibility index (Phi) is 7.15. The van der Waals surface area contributed by atoms with Crippen molar-refractivity contribution >= 4 is 52.0 Å². The van der Waals surface area contributed by atoms with Crippen molar-refractivity contribution in [2.75, 3.05) is 75.5 Å². The van der Waals surface area contributed by atoms with Gasteiger partial charge >= 0.3 is 0 Å². The molecule has 5 heterocycles. The Morgan fingerprint density at radius 2 is 1.75 bits per heavy atom. The molecule has 0 atom stereocenters. The highest BCUT2D eigenvalue weighted by Crippen LogP contribution is 2.39. The first-order valence-electron chi connectivity index (χ1n) is 13.5. The maximum absolute atomic E-state index is 15.2. The molecule has 0 radical (unpaired) electrons. The standard InChI is InChI=1S/C28H33FN8O2S/c1-33-10-12-36(13-11-33)19-6-8-37(9-7-19)27(39)20-5-4-18(14-22(20)29)31-28-30-15-23-25(32-28)34(2)24-17-40-16-21(24)26(38)35(23)3/h4-5,14-17,19H,6-13H2,1-3H3,(H,30,31,32). The molecule has 3 aliphatic rings. The number of nitrogens with one attached hydrogen (secondary N) is 1. The number of halogens is 1. The quantitative estimate of drug-likeness (QED) is 0.514. The largest absolute Gasteiger partial charge is 0.338 e. The number of hydrogen-bond acceptors (Lipinski definition) is 9. The number of benzene rings is 1. The monoisotopic (exact) mass is 564 g/mol. The summed E-state index contributed by atoms with van der Waals surface area (Å²) in [5, 5.41) is 6.78. The van der Waals surface area contributed by atoms with Gasteiger partial charge in [0.25, 0.3) is 11.8 Å². The summed E-state index contributed by atoms with van der Waals surface area (Å²) in [5.41, 5.74) is 2.44. The lowest BCUT2D eigenvalue weighted by atomic mass is 10.0. The summed E-state index contributed by atoms with van der Waals surface area (Å²) in [6.45, 7) is 5.54. The number of rotatable bonds is 4. The third kappa shape index (κ3) is 4.91. The first-order valence-corrected chi connectivity index (χ1v) is 14.5. The Balaban J connectivity index is 1.13. The molecule has 0 saturated carbocycles. The van der Waals surface area contributed by atoms with Crippen molar-refractivity contribution in [2.45, 2.75) is 18.9 Å². The number of fused-ring (bicyclic) bond motifs is 2. The third-order valence-corrected chi connectivity index (χ3v) is 8.96. The van der Waals surface area contributed by atoms with Crippen LogP contribution >= 0.6 is 11.3 Å². The van der Waals surface area contributed by atoms with E-state index in [2.05, 4.69) is 32.1 Å². The summed E-state index contributed by atoms with van der Waals surface area (Å²) >= 11 is 1.45. The molecule has 2 fully saturated rings. The number of carbonyl (C=O) groups is 2. The normalized spacial score (nSPS) is 18.9. The summed E-state index contributed by atoms with van der Waals surface area (Å²) in [4.78, 5) is 45.1. The molecule has 0 unspecified atom stereocenters. The Morgan fingerprint density at radius 3 is 2.48 bits per heavy atom. The van der Waals surface area contributed by atoms with Crippen LogP contribution in [0, 0.1) is 5.82 Å². The highest BCUT2D eigenvalue weighted by molar-refractivity contribution is 7.08. The van der Waals surface area contributed by atoms with Gasteiger partial charge in [-0.3, -0.25) is 14.5 Å². The van der Waals surface area contributed by atoms with Gasteiger partial charge in [-0.1, -0.05) is 0 Å². The number of likely N-dealkylation sites (N-methyl/N-ethyl adjacent to an activating group) is 1. The van der Waals surface area contributed by atoms with E-state index in [1.807, 2.05) is 22.7 Å². The van der Waals surface area contributed by atoms with Gasteiger partial charge in [-0.2, -0.15) is 4.98 Å². The fourth-order valence-electron chi connectivity index (χ4n) is 5.71. The fourth-order valence-corrected chi connectivity index (χ4v) is 6.55. The topological polar surface area (TPSA) is 88.1 Å². The minimum Gasteiger partial charge on any atom is -0.338 e. The van der Waals surface area contributed by atoms with Crippen LogP contribution in [0.2, 0.25) is 0 Å². The van der Waals surface area contributed by atoms with E-state index in [-0.39, 0.29) is 23.3 Å². The minimum atomic E-state index is -0.587. The molecule has 3 aliphatic heterocycles. The highest BCUT2D eigenvalue weighted by atomic mass is 32.1. The predicted molar refractivity (Wildman–Crippen MR) is 155 cm³/mol. The highest BCUT2D eigenvalue weighted by Gasteiger charge is 2.31. The molecule has 2 saturated heterocycles. The van der Waals surface area contributed by atoms with Crippen LogP contribution in [-0.4, -0.2) is 103 Å². The number of amides is 2. The van der Waals surface area contributed by atoms with Crippen molar-refractivity contribution in [1.29, 1.82) is 0 Å². The van der Waals surface area contributed by atoms with Crippen LogP contribution in [0.1, 0.15) is 33.6 Å². The summed E-state index contributed by atoms with van der Waals surface area (Å²) in [6.07, 6.45) is 3.40. The van der Waals surface area contributed by atoms with E-state index in [1.165, 1.54) is 28.4 Å². The molecule has 40 heavy (non-hydrogen) atoms. The molecule has 0 aliphatic carbocycles. The number of likely N-dealkylation sites (tertiary alicyclic amines) is 1. The number of thiophene rings is 1. The van der Waals surface area contributed by atoms with Gasteiger partial charge in [-0.15, -0.1) is 11.3 Å². The van der Waals surface area contributed by atoms with Crippen molar-refractivity contribution in [3.63, 3.8) is 0 Å². The smallest absolute Gasteiger partial charge is 0.261 e. The van der Waals surface area contributed by atoms with Gasteiger partial charge in [0.2, 0.25) is 5.95 Å². The van der Waals surface area contributed by atoms with Crippen LogP contribution in [-0.2, 0) is 0 Å². The molecular weight excluding hydrogens is 531 g/mol. The molecule has 210 valence electrons. The molecule has 6 rings (SSSR count). The third-order valence-electron chi connectivity index (χ3n) is 8.23. The Bertz CT molecular complexity index is 1430. The number of piperidine rings is 1. The van der Waals surface area contributed by atoms with E-state index < -0.39 is 5.82 Å². The molecule has 0 bridgehead atoms. The molecule has 1 aromatic carbocycles. The molecule has 1 N–H and O–H groups in total. The van der Waals surface area contributed by atoms with Crippen molar-refractivity contribution < 1.29 is 14.0 Å². The Labute approximate surface area is 237 Å². The number of nitrogens with zero attached hydrogens (tertiary/aromatic N) is 7. The molecule has 0 spiro atoms. The molecule has 12 heteroatoms. The predicted octanol–water partition coefficient (Wildman–Crippen LogP) is 3.63.